The minimum atomic E-state index is -0.932. The van der Waals surface area contributed by atoms with Gasteiger partial charge in [-0.1, -0.05) is 17.7 Å². The number of rotatable bonds is 5. The molecule has 3 aromatic carbocycles. The molecular formula is C36H46FNO6. The molecule has 8 heteroatoms. The molecule has 1 amide bonds. The van der Waals surface area contributed by atoms with Crippen molar-refractivity contribution in [2.24, 2.45) is 0 Å². The second-order valence-electron chi connectivity index (χ2n) is 12.6. The fourth-order valence-electron chi connectivity index (χ4n) is 5.85. The highest BCUT2D eigenvalue weighted by Gasteiger charge is 2.30. The van der Waals surface area contributed by atoms with Gasteiger partial charge in [0.15, 0.2) is 11.6 Å². The Balaban J connectivity index is 0.000000291. The summed E-state index contributed by atoms with van der Waals surface area (Å²) in [7, 11) is 1.69. The first-order chi connectivity index (χ1) is 20.6. The van der Waals surface area contributed by atoms with Crippen molar-refractivity contribution >= 4 is 12.4 Å². The summed E-state index contributed by atoms with van der Waals surface area (Å²) in [5.41, 5.74) is 9.80. The summed E-state index contributed by atoms with van der Waals surface area (Å²) in [5.74, 6) is -0.0578. The summed E-state index contributed by atoms with van der Waals surface area (Å²) in [5, 5.41) is 18.1. The highest BCUT2D eigenvalue weighted by Crippen LogP contribution is 2.43. The predicted octanol–water partition coefficient (Wildman–Crippen LogP) is 6.93. The summed E-state index contributed by atoms with van der Waals surface area (Å²) in [6.07, 6.45) is 2.24. The molecule has 2 aliphatic heterocycles. The molecule has 2 N–H and O–H groups in total. The molecule has 5 rings (SSSR count). The number of methoxy groups -OCH3 is 1. The summed E-state index contributed by atoms with van der Waals surface area (Å²) in [6.45, 7) is 16.6. The van der Waals surface area contributed by atoms with Gasteiger partial charge in [-0.25, -0.2) is 4.39 Å². The SMILES string of the molecule is CC(C)(C)O.COc1ccc(C)cc1C.Cc1c(-c2c(C)c3c(c(C)c2CC(=O)O)CN(C=O)C3)cc(F)c2c1CCCO2. The van der Waals surface area contributed by atoms with Gasteiger partial charge in [0.1, 0.15) is 5.75 Å². The molecule has 0 bridgehead atoms. The van der Waals surface area contributed by atoms with E-state index in [2.05, 4.69) is 13.0 Å². The van der Waals surface area contributed by atoms with Gasteiger partial charge in [0.25, 0.3) is 0 Å². The highest BCUT2D eigenvalue weighted by atomic mass is 19.1. The Bertz CT molecular complexity index is 1530. The molecule has 0 spiro atoms. The molecule has 0 fully saturated rings. The molecule has 0 aliphatic carbocycles. The third kappa shape index (κ3) is 8.17. The summed E-state index contributed by atoms with van der Waals surface area (Å²) in [6, 6.07) is 7.63. The normalized spacial score (nSPS) is 13.4. The summed E-state index contributed by atoms with van der Waals surface area (Å²) in [4.78, 5) is 24.7. The van der Waals surface area contributed by atoms with Crippen LogP contribution in [0.1, 0.15) is 77.3 Å². The molecule has 0 saturated heterocycles. The number of hydrogen-bond donors (Lipinski definition) is 2. The number of nitrogens with zero attached hydrogens (tertiary/aromatic N) is 1. The van der Waals surface area contributed by atoms with Gasteiger partial charge in [-0.3, -0.25) is 9.59 Å². The maximum Gasteiger partial charge on any atom is 0.307 e. The number of benzene rings is 3. The number of carbonyl (C=O) groups is 2. The van der Waals surface area contributed by atoms with Crippen LogP contribution < -0.4 is 9.47 Å². The molecule has 238 valence electrons. The lowest BCUT2D eigenvalue weighted by atomic mass is 9.81. The molecule has 44 heavy (non-hydrogen) atoms. The van der Waals surface area contributed by atoms with Gasteiger partial charge in [0.2, 0.25) is 6.41 Å². The third-order valence-corrected chi connectivity index (χ3v) is 7.85. The number of halogens is 1. The van der Waals surface area contributed by atoms with Gasteiger partial charge >= 0.3 is 5.97 Å². The van der Waals surface area contributed by atoms with Crippen LogP contribution in [0.25, 0.3) is 11.1 Å². The standard InChI is InChI=1S/C23H24FNO4.C9H12O.C4H10O/c1-12-15-5-4-6-29-23(15)20(24)7-16(12)22-14(3)19-10-25(11-26)9-18(19)13(2)17(22)8-21(27)28;1-7-4-5-9(10-3)8(2)6-7;1-4(2,3)5/h7,11H,4-6,8-10H2,1-3H3,(H,27,28);4-6H,1-3H3;5H,1-3H3. The molecular weight excluding hydrogens is 561 g/mol. The molecule has 0 unspecified atom stereocenters. The van der Waals surface area contributed by atoms with E-state index in [4.69, 9.17) is 14.6 Å². The van der Waals surface area contributed by atoms with Crippen molar-refractivity contribution in [1.29, 1.82) is 0 Å². The van der Waals surface area contributed by atoms with Crippen molar-refractivity contribution < 1.29 is 33.7 Å². The molecule has 7 nitrogen and oxygen atoms in total. The molecule has 0 radical (unpaired) electrons. The lowest BCUT2D eigenvalue weighted by molar-refractivity contribution is -0.136. The second-order valence-corrected chi connectivity index (χ2v) is 12.6. The van der Waals surface area contributed by atoms with Gasteiger partial charge in [0, 0.05) is 18.7 Å². The zero-order valence-electron chi connectivity index (χ0n) is 27.5. The fourth-order valence-corrected chi connectivity index (χ4v) is 5.85. The Morgan fingerprint density at radius 3 is 2.18 bits per heavy atom. The number of aryl methyl sites for hydroxylation is 2. The van der Waals surface area contributed by atoms with E-state index in [-0.39, 0.29) is 6.42 Å². The van der Waals surface area contributed by atoms with Crippen LogP contribution in [0.5, 0.6) is 11.5 Å². The van der Waals surface area contributed by atoms with Gasteiger partial charge in [0.05, 0.1) is 25.7 Å². The Morgan fingerprint density at radius 2 is 1.64 bits per heavy atom. The molecule has 0 saturated carbocycles. The first-order valence-electron chi connectivity index (χ1n) is 14.9. The van der Waals surface area contributed by atoms with E-state index < -0.39 is 17.4 Å². The van der Waals surface area contributed by atoms with Crippen molar-refractivity contribution in [3.05, 3.63) is 80.2 Å². The van der Waals surface area contributed by atoms with E-state index >= 15 is 0 Å². The predicted molar refractivity (Wildman–Crippen MR) is 171 cm³/mol. The molecule has 0 atom stereocenters. The smallest absolute Gasteiger partial charge is 0.307 e. The second kappa shape index (κ2) is 14.2. The number of aliphatic hydroxyl groups is 1. The van der Waals surface area contributed by atoms with Gasteiger partial charge in [-0.2, -0.15) is 0 Å². The van der Waals surface area contributed by atoms with E-state index in [1.165, 1.54) is 17.2 Å². The Morgan fingerprint density at radius 1 is 1.02 bits per heavy atom. The van der Waals surface area contributed by atoms with Crippen molar-refractivity contribution in [3.63, 3.8) is 0 Å². The zero-order valence-corrected chi connectivity index (χ0v) is 27.5. The van der Waals surface area contributed by atoms with Crippen LogP contribution in [0.4, 0.5) is 4.39 Å². The van der Waals surface area contributed by atoms with Crippen molar-refractivity contribution in [2.75, 3.05) is 13.7 Å². The number of hydrogen-bond acceptors (Lipinski definition) is 5. The third-order valence-electron chi connectivity index (χ3n) is 7.85. The number of amides is 1. The number of fused-ring (bicyclic) bond motifs is 2. The summed E-state index contributed by atoms with van der Waals surface area (Å²) >= 11 is 0. The maximum absolute atomic E-state index is 14.9. The number of carboxylic acids is 1. The lowest BCUT2D eigenvalue weighted by Gasteiger charge is -2.25. The lowest BCUT2D eigenvalue weighted by Crippen LogP contribution is -2.14. The van der Waals surface area contributed by atoms with E-state index in [9.17, 15) is 19.1 Å². The van der Waals surface area contributed by atoms with Crippen LogP contribution >= 0.6 is 0 Å². The Kier molecular flexibility index (Phi) is 11.2. The van der Waals surface area contributed by atoms with E-state index in [0.717, 1.165) is 69.5 Å². The Hall–Kier alpha value is -3.91. The maximum atomic E-state index is 14.9. The van der Waals surface area contributed by atoms with E-state index in [0.29, 0.717) is 31.0 Å². The van der Waals surface area contributed by atoms with Crippen LogP contribution in [0.15, 0.2) is 24.3 Å². The zero-order chi connectivity index (χ0) is 32.9. The van der Waals surface area contributed by atoms with Gasteiger partial charge in [-0.15, -0.1) is 0 Å². The van der Waals surface area contributed by atoms with Crippen LogP contribution in [0.3, 0.4) is 0 Å². The first kappa shape index (κ1) is 34.6. The van der Waals surface area contributed by atoms with Crippen LogP contribution in [-0.4, -0.2) is 46.8 Å². The van der Waals surface area contributed by atoms with E-state index in [1.807, 2.05) is 39.8 Å². The van der Waals surface area contributed by atoms with E-state index in [1.54, 1.807) is 32.8 Å². The monoisotopic (exact) mass is 607 g/mol. The average molecular weight is 608 g/mol. The number of ether oxygens (including phenoxy) is 2. The fraction of sp³-hybridized carbons (Fsp3) is 0.444. The van der Waals surface area contributed by atoms with Crippen LogP contribution in [0.2, 0.25) is 0 Å². The van der Waals surface area contributed by atoms with Crippen molar-refractivity contribution in [3.8, 4) is 22.6 Å². The minimum Gasteiger partial charge on any atom is -0.496 e. The average Bonchev–Trinajstić information content (AvgIpc) is 3.39. The number of aliphatic carboxylic acids is 1. The van der Waals surface area contributed by atoms with Crippen molar-refractivity contribution in [1.82, 2.24) is 4.90 Å². The molecule has 3 aromatic rings. The number of carboxylic acid groups (broad SMARTS) is 1. The van der Waals surface area contributed by atoms with Crippen LogP contribution in [-0.2, 0) is 35.5 Å². The largest absolute Gasteiger partial charge is 0.496 e. The topological polar surface area (TPSA) is 96.3 Å². The van der Waals surface area contributed by atoms with Crippen LogP contribution in [0, 0.1) is 40.4 Å². The van der Waals surface area contributed by atoms with Crippen molar-refractivity contribution in [2.45, 2.75) is 93.3 Å². The Labute approximate surface area is 260 Å². The number of carbonyl (C=O) groups excluding carboxylic acids is 1. The summed E-state index contributed by atoms with van der Waals surface area (Å²) < 4.78 is 25.6. The van der Waals surface area contributed by atoms with Gasteiger partial charge in [-0.05, 0) is 130 Å². The highest BCUT2D eigenvalue weighted by molar-refractivity contribution is 5.84. The minimum absolute atomic E-state index is 0.148. The molecule has 2 heterocycles. The first-order valence-corrected chi connectivity index (χ1v) is 14.9. The quantitative estimate of drug-likeness (QED) is 0.306. The molecule has 2 aliphatic rings. The van der Waals surface area contributed by atoms with Gasteiger partial charge < -0.3 is 24.6 Å². The molecule has 0 aromatic heterocycles.